The van der Waals surface area contributed by atoms with Crippen molar-refractivity contribution in [2.24, 2.45) is 10.4 Å². The maximum Gasteiger partial charge on any atom is 0.357 e. The molecule has 2 aliphatic heterocycles. The molecule has 0 N–H and O–H groups in total. The number of carbonyl (C=O) groups is 2. The smallest absolute Gasteiger partial charge is 0.357 e. The number of esters is 1. The molecule has 0 spiro atoms. The highest BCUT2D eigenvalue weighted by Crippen LogP contribution is 2.34. The van der Waals surface area contributed by atoms with Crippen molar-refractivity contribution in [2.45, 2.75) is 51.6 Å². The van der Waals surface area contributed by atoms with Crippen molar-refractivity contribution in [1.82, 2.24) is 0 Å². The number of ether oxygens (including phenoxy) is 3. The van der Waals surface area contributed by atoms with Gasteiger partial charge in [-0.3, -0.25) is 4.79 Å². The van der Waals surface area contributed by atoms with Crippen LogP contribution in [0.15, 0.2) is 47.1 Å². The summed E-state index contributed by atoms with van der Waals surface area (Å²) in [7, 11) is 0. The van der Waals surface area contributed by atoms with E-state index in [1.807, 2.05) is 44.2 Å². The third kappa shape index (κ3) is 4.01. The molecule has 142 valence electrons. The quantitative estimate of drug-likeness (QED) is 0.749. The van der Waals surface area contributed by atoms with E-state index in [0.717, 1.165) is 11.3 Å². The van der Waals surface area contributed by atoms with Crippen molar-refractivity contribution in [2.75, 3.05) is 6.61 Å². The van der Waals surface area contributed by atoms with Gasteiger partial charge in [-0.2, -0.15) is 0 Å². The van der Waals surface area contributed by atoms with Crippen LogP contribution in [0.5, 0.6) is 0 Å². The molecule has 4 rings (SSSR count). The first-order valence-corrected chi connectivity index (χ1v) is 9.23. The summed E-state index contributed by atoms with van der Waals surface area (Å²) in [6, 6.07) is 9.63. The molecule has 1 saturated heterocycles. The zero-order chi connectivity index (χ0) is 19.0. The molecule has 1 aromatic carbocycles. The first kappa shape index (κ1) is 18.1. The van der Waals surface area contributed by atoms with Crippen molar-refractivity contribution in [3.8, 4) is 0 Å². The topological polar surface area (TPSA) is 74.2 Å². The number of Topliss-reactive ketones (excluding diaryl/α,β-unsaturated/α-hetero) is 1. The highest BCUT2D eigenvalue weighted by Gasteiger charge is 2.39. The Kier molecular flexibility index (Phi) is 4.70. The molecule has 0 bridgehead atoms. The van der Waals surface area contributed by atoms with Gasteiger partial charge in [0.2, 0.25) is 0 Å². The second kappa shape index (κ2) is 7.02. The van der Waals surface area contributed by atoms with Crippen LogP contribution in [0, 0.1) is 5.41 Å². The number of hydrogen-bond acceptors (Lipinski definition) is 6. The first-order valence-electron chi connectivity index (χ1n) is 9.23. The average molecular weight is 369 g/mol. The molecule has 0 amide bonds. The Hall–Kier alpha value is -2.31. The van der Waals surface area contributed by atoms with Crippen LogP contribution in [0.2, 0.25) is 0 Å². The van der Waals surface area contributed by atoms with Crippen molar-refractivity contribution in [1.29, 1.82) is 0 Å². The second-order valence-corrected chi connectivity index (χ2v) is 8.08. The summed E-state index contributed by atoms with van der Waals surface area (Å²) in [6.45, 7) is 4.34. The lowest BCUT2D eigenvalue weighted by atomic mass is 9.76. The number of ketones is 1. The molecule has 2 fully saturated rings. The minimum Gasteiger partial charge on any atom is -0.452 e. The normalized spacial score (nSPS) is 31.9. The number of rotatable bonds is 2. The van der Waals surface area contributed by atoms with Gasteiger partial charge in [-0.25, -0.2) is 9.79 Å². The van der Waals surface area contributed by atoms with Crippen LogP contribution in [-0.4, -0.2) is 36.3 Å². The van der Waals surface area contributed by atoms with E-state index in [2.05, 4.69) is 4.99 Å². The van der Waals surface area contributed by atoms with Crippen LogP contribution in [0.1, 0.15) is 45.0 Å². The van der Waals surface area contributed by atoms with Gasteiger partial charge in [0.1, 0.15) is 17.6 Å². The molecular formula is C21H23NO5. The molecule has 6 nitrogen and oxygen atoms in total. The van der Waals surface area contributed by atoms with Gasteiger partial charge in [-0.1, -0.05) is 44.2 Å². The second-order valence-electron chi connectivity index (χ2n) is 8.08. The summed E-state index contributed by atoms with van der Waals surface area (Å²) < 4.78 is 17.2. The summed E-state index contributed by atoms with van der Waals surface area (Å²) in [6.07, 6.45) is 1.81. The van der Waals surface area contributed by atoms with Crippen LogP contribution in [-0.2, 0) is 23.8 Å². The van der Waals surface area contributed by atoms with Crippen LogP contribution in [0.3, 0.4) is 0 Å². The van der Waals surface area contributed by atoms with Crippen molar-refractivity contribution in [3.05, 3.63) is 47.7 Å². The number of hydrogen-bond donors (Lipinski definition) is 0. The van der Waals surface area contributed by atoms with Crippen LogP contribution < -0.4 is 0 Å². The molecular weight excluding hydrogens is 346 g/mol. The van der Waals surface area contributed by atoms with Crippen molar-refractivity contribution >= 4 is 17.5 Å². The monoisotopic (exact) mass is 369 g/mol. The van der Waals surface area contributed by atoms with Crippen molar-refractivity contribution in [3.63, 3.8) is 0 Å². The van der Waals surface area contributed by atoms with Gasteiger partial charge in [-0.15, -0.1) is 0 Å². The Morgan fingerprint density at radius 3 is 2.63 bits per heavy atom. The standard InChI is InChI=1S/C21H23NO5/c1-21(2)10-14(8-15(23)11-21)22-16-9-17-18(26-19(16)24)12-25-20(27-17)13-6-4-3-5-7-13/h3-7,9,17-18,20H,8,10-12H2,1-2H3/t17-,18+,20-/m0/s1. The zero-order valence-electron chi connectivity index (χ0n) is 15.5. The minimum absolute atomic E-state index is 0.135. The number of fused-ring (bicyclic) bond motifs is 1. The molecule has 1 saturated carbocycles. The van der Waals surface area contributed by atoms with E-state index >= 15 is 0 Å². The Bertz CT molecular complexity index is 811. The van der Waals surface area contributed by atoms with Gasteiger partial charge in [-0.05, 0) is 17.9 Å². The minimum atomic E-state index is -0.510. The number of aliphatic imine (C=N–C) groups is 1. The maximum absolute atomic E-state index is 12.3. The zero-order valence-corrected chi connectivity index (χ0v) is 15.5. The predicted molar refractivity (Wildman–Crippen MR) is 98.0 cm³/mol. The van der Waals surface area contributed by atoms with Crippen LogP contribution >= 0.6 is 0 Å². The summed E-state index contributed by atoms with van der Waals surface area (Å²) in [5.41, 5.74) is 1.72. The lowest BCUT2D eigenvalue weighted by molar-refractivity contribution is -0.252. The fourth-order valence-electron chi connectivity index (χ4n) is 3.83. The Balaban J connectivity index is 1.55. The molecule has 2 heterocycles. The Labute approximate surface area is 158 Å². The maximum atomic E-state index is 12.3. The fraction of sp³-hybridized carbons (Fsp3) is 0.476. The lowest BCUT2D eigenvalue weighted by Crippen LogP contribution is -2.45. The molecule has 3 aliphatic rings. The van der Waals surface area contributed by atoms with Gasteiger partial charge in [0.15, 0.2) is 12.4 Å². The lowest BCUT2D eigenvalue weighted by Gasteiger charge is -2.37. The van der Waals surface area contributed by atoms with E-state index in [1.54, 1.807) is 6.08 Å². The number of carbonyl (C=O) groups excluding carboxylic acids is 2. The highest BCUT2D eigenvalue weighted by molar-refractivity contribution is 6.06. The van der Waals surface area contributed by atoms with Gasteiger partial charge in [0.05, 0.1) is 6.61 Å². The molecule has 27 heavy (non-hydrogen) atoms. The van der Waals surface area contributed by atoms with Gasteiger partial charge in [0, 0.05) is 24.1 Å². The van der Waals surface area contributed by atoms with Gasteiger partial charge < -0.3 is 14.2 Å². The molecule has 0 radical (unpaired) electrons. The molecule has 1 aromatic rings. The summed E-state index contributed by atoms with van der Waals surface area (Å²) in [4.78, 5) is 28.8. The highest BCUT2D eigenvalue weighted by atomic mass is 16.7. The third-order valence-corrected chi connectivity index (χ3v) is 4.96. The van der Waals surface area contributed by atoms with E-state index in [0.29, 0.717) is 19.3 Å². The fourth-order valence-corrected chi connectivity index (χ4v) is 3.83. The Morgan fingerprint density at radius 1 is 1.11 bits per heavy atom. The number of benzene rings is 1. The van der Waals surface area contributed by atoms with Crippen molar-refractivity contribution < 1.29 is 23.8 Å². The van der Waals surface area contributed by atoms with E-state index in [9.17, 15) is 9.59 Å². The van der Waals surface area contributed by atoms with Gasteiger partial charge >= 0.3 is 5.97 Å². The van der Waals surface area contributed by atoms with E-state index in [-0.39, 0.29) is 23.5 Å². The Morgan fingerprint density at radius 2 is 1.89 bits per heavy atom. The van der Waals surface area contributed by atoms with E-state index < -0.39 is 24.5 Å². The van der Waals surface area contributed by atoms with Crippen LogP contribution in [0.25, 0.3) is 0 Å². The summed E-state index contributed by atoms with van der Waals surface area (Å²) >= 11 is 0. The molecule has 1 aliphatic carbocycles. The molecule has 3 atom stereocenters. The molecule has 0 aromatic heterocycles. The summed E-state index contributed by atoms with van der Waals surface area (Å²) in [5, 5.41) is 0. The van der Waals surface area contributed by atoms with E-state index in [1.165, 1.54) is 0 Å². The largest absolute Gasteiger partial charge is 0.452 e. The van der Waals surface area contributed by atoms with E-state index in [4.69, 9.17) is 14.2 Å². The van der Waals surface area contributed by atoms with Crippen LogP contribution in [0.4, 0.5) is 0 Å². The molecule has 6 heteroatoms. The van der Waals surface area contributed by atoms with Gasteiger partial charge in [0.25, 0.3) is 0 Å². The predicted octanol–water partition coefficient (Wildman–Crippen LogP) is 3.13. The summed E-state index contributed by atoms with van der Waals surface area (Å²) in [5.74, 6) is -0.343. The average Bonchev–Trinajstić information content (AvgIpc) is 2.61. The number of nitrogens with zero attached hydrogens (tertiary/aromatic N) is 1. The first-order chi connectivity index (χ1) is 12.9. The SMILES string of the molecule is CC1(C)CC(=O)CC(=NC2=C[C@@H]3O[C@@H](c4ccccc4)OC[C@H]3OC2=O)C1. The third-order valence-electron chi connectivity index (χ3n) is 4.96. The molecule has 0 unspecified atom stereocenters.